The summed E-state index contributed by atoms with van der Waals surface area (Å²) in [6.07, 6.45) is 3.25. The second-order valence-electron chi connectivity index (χ2n) is 7.59. The van der Waals surface area contributed by atoms with Crippen LogP contribution >= 0.6 is 11.6 Å². The lowest BCUT2D eigenvalue weighted by atomic mass is 9.98. The van der Waals surface area contributed by atoms with Crippen LogP contribution in [0.25, 0.3) is 0 Å². The Bertz CT molecular complexity index is 989. The van der Waals surface area contributed by atoms with Crippen LogP contribution in [0.1, 0.15) is 53.7 Å². The van der Waals surface area contributed by atoms with E-state index in [1.165, 1.54) is 16.4 Å². The summed E-state index contributed by atoms with van der Waals surface area (Å²) in [6.45, 7) is 4.06. The van der Waals surface area contributed by atoms with E-state index >= 15 is 0 Å². The van der Waals surface area contributed by atoms with Crippen LogP contribution in [0.3, 0.4) is 0 Å². The largest absolute Gasteiger partial charge is 0.445 e. The van der Waals surface area contributed by atoms with Gasteiger partial charge in [0.15, 0.2) is 11.6 Å². The third-order valence-corrected chi connectivity index (χ3v) is 7.83. The molecule has 0 N–H and O–H groups in total. The van der Waals surface area contributed by atoms with Gasteiger partial charge in [0.2, 0.25) is 10.0 Å². The summed E-state index contributed by atoms with van der Waals surface area (Å²) in [5.74, 6) is 1.00. The van der Waals surface area contributed by atoms with E-state index in [9.17, 15) is 13.2 Å². The molecule has 0 unspecified atom stereocenters. The predicted molar refractivity (Wildman–Crippen MR) is 109 cm³/mol. The lowest BCUT2D eigenvalue weighted by Gasteiger charge is -2.29. The fraction of sp³-hybridized carbons (Fsp3) is 0.500. The van der Waals surface area contributed by atoms with Crippen LogP contribution in [0, 0.1) is 6.92 Å². The fourth-order valence-corrected chi connectivity index (χ4v) is 5.55. The Kier molecular flexibility index (Phi) is 5.68. The van der Waals surface area contributed by atoms with Gasteiger partial charge in [-0.15, -0.1) is 0 Å². The van der Waals surface area contributed by atoms with Gasteiger partial charge in [0.05, 0.1) is 4.90 Å². The number of carbonyl (C=O) groups is 1. The first-order chi connectivity index (χ1) is 13.9. The summed E-state index contributed by atoms with van der Waals surface area (Å²) in [6, 6.07) is 6.21. The van der Waals surface area contributed by atoms with Crippen molar-refractivity contribution in [3.05, 3.63) is 46.6 Å². The highest BCUT2D eigenvalue weighted by Crippen LogP contribution is 2.32. The minimum atomic E-state index is -3.55. The quantitative estimate of drug-likeness (QED) is 0.731. The molecule has 3 heterocycles. The molecule has 2 saturated heterocycles. The zero-order valence-electron chi connectivity index (χ0n) is 16.3. The zero-order chi connectivity index (χ0) is 20.6. The van der Waals surface area contributed by atoms with E-state index in [-0.39, 0.29) is 16.7 Å². The molecule has 0 atom stereocenters. The first kappa shape index (κ1) is 20.4. The van der Waals surface area contributed by atoms with Crippen molar-refractivity contribution in [3.63, 3.8) is 0 Å². The van der Waals surface area contributed by atoms with Gasteiger partial charge in [-0.3, -0.25) is 4.79 Å². The molecule has 1 amide bonds. The third-order valence-electron chi connectivity index (χ3n) is 5.66. The van der Waals surface area contributed by atoms with Gasteiger partial charge in [-0.2, -0.15) is 4.31 Å². The zero-order valence-corrected chi connectivity index (χ0v) is 17.9. The number of aromatic nitrogens is 1. The van der Waals surface area contributed by atoms with Crippen molar-refractivity contribution in [1.82, 2.24) is 14.2 Å². The molecule has 29 heavy (non-hydrogen) atoms. The predicted octanol–water partition coefficient (Wildman–Crippen LogP) is 3.44. The molecule has 2 aliphatic rings. The molecule has 2 aliphatic heterocycles. The van der Waals surface area contributed by atoms with Crippen LogP contribution in [0.5, 0.6) is 0 Å². The fourth-order valence-electron chi connectivity index (χ4n) is 3.96. The number of piperidine rings is 1. The summed E-state index contributed by atoms with van der Waals surface area (Å²) in [5.41, 5.74) is 0.387. The van der Waals surface area contributed by atoms with Crippen LogP contribution in [-0.2, 0) is 10.0 Å². The number of benzene rings is 1. The maximum absolute atomic E-state index is 12.8. The van der Waals surface area contributed by atoms with Crippen molar-refractivity contribution in [3.8, 4) is 0 Å². The second-order valence-corrected chi connectivity index (χ2v) is 9.96. The number of sulfonamides is 1. The van der Waals surface area contributed by atoms with Crippen molar-refractivity contribution in [1.29, 1.82) is 0 Å². The summed E-state index contributed by atoms with van der Waals surface area (Å²) < 4.78 is 33.0. The Balaban J connectivity index is 1.44. The molecule has 156 valence electrons. The van der Waals surface area contributed by atoms with Gasteiger partial charge >= 0.3 is 0 Å². The van der Waals surface area contributed by atoms with Crippen LogP contribution in [0.2, 0.25) is 5.02 Å². The number of aryl methyl sites for hydroxylation is 1. The van der Waals surface area contributed by atoms with Gasteiger partial charge in [-0.25, -0.2) is 13.4 Å². The van der Waals surface area contributed by atoms with E-state index in [4.69, 9.17) is 16.0 Å². The van der Waals surface area contributed by atoms with Crippen molar-refractivity contribution in [2.24, 2.45) is 0 Å². The number of oxazole rings is 1. The van der Waals surface area contributed by atoms with Crippen LogP contribution in [0.15, 0.2) is 33.6 Å². The van der Waals surface area contributed by atoms with Crippen LogP contribution in [-0.4, -0.2) is 54.7 Å². The number of likely N-dealkylation sites (tertiary alicyclic amines) is 1. The monoisotopic (exact) mass is 437 g/mol. The SMILES string of the molecule is Cc1oc(C2CCN(S(=O)(=O)c3ccc(Cl)cc3)CC2)nc1C(=O)N1CCCC1. The standard InChI is InChI=1S/C20H24ClN3O4S/c1-14-18(20(25)23-10-2-3-11-23)22-19(28-14)15-8-12-24(13-9-15)29(26,27)17-6-4-16(21)5-7-17/h4-7,15H,2-3,8-13H2,1H3. The number of hydrogen-bond donors (Lipinski definition) is 0. The normalized spacial score (nSPS) is 19.0. The highest BCUT2D eigenvalue weighted by atomic mass is 35.5. The second kappa shape index (κ2) is 8.08. The van der Waals surface area contributed by atoms with Crippen molar-refractivity contribution >= 4 is 27.5 Å². The van der Waals surface area contributed by atoms with Gasteiger partial charge in [-0.1, -0.05) is 11.6 Å². The smallest absolute Gasteiger partial charge is 0.276 e. The lowest BCUT2D eigenvalue weighted by molar-refractivity contribution is 0.0786. The molecule has 2 fully saturated rings. The lowest BCUT2D eigenvalue weighted by Crippen LogP contribution is -2.38. The minimum Gasteiger partial charge on any atom is -0.445 e. The Morgan fingerprint density at radius 2 is 1.72 bits per heavy atom. The molecule has 0 bridgehead atoms. The number of rotatable bonds is 4. The first-order valence-electron chi connectivity index (χ1n) is 9.88. The third kappa shape index (κ3) is 4.06. The number of hydrogen-bond acceptors (Lipinski definition) is 5. The summed E-state index contributed by atoms with van der Waals surface area (Å²) in [7, 11) is -3.55. The van der Waals surface area contributed by atoms with E-state index in [1.54, 1.807) is 19.1 Å². The molecular weight excluding hydrogens is 414 g/mol. The van der Waals surface area contributed by atoms with Crippen LogP contribution in [0.4, 0.5) is 0 Å². The topological polar surface area (TPSA) is 83.7 Å². The first-order valence-corrected chi connectivity index (χ1v) is 11.7. The van der Waals surface area contributed by atoms with Crippen molar-refractivity contribution in [2.45, 2.75) is 43.4 Å². The van der Waals surface area contributed by atoms with Gasteiger partial charge < -0.3 is 9.32 Å². The van der Waals surface area contributed by atoms with E-state index in [0.717, 1.165) is 25.9 Å². The van der Waals surface area contributed by atoms with Crippen molar-refractivity contribution < 1.29 is 17.6 Å². The van der Waals surface area contributed by atoms with Crippen LogP contribution < -0.4 is 0 Å². The Labute approximate surface area is 175 Å². The maximum Gasteiger partial charge on any atom is 0.276 e. The average molecular weight is 438 g/mol. The van der Waals surface area contributed by atoms with E-state index in [1.807, 2.05) is 4.90 Å². The Morgan fingerprint density at radius 1 is 1.10 bits per heavy atom. The highest BCUT2D eigenvalue weighted by molar-refractivity contribution is 7.89. The van der Waals surface area contributed by atoms with Gasteiger partial charge in [-0.05, 0) is 56.9 Å². The van der Waals surface area contributed by atoms with Gasteiger partial charge in [0.25, 0.3) is 5.91 Å². The molecule has 2 aromatic rings. The van der Waals surface area contributed by atoms with E-state index in [2.05, 4.69) is 4.98 Å². The maximum atomic E-state index is 12.8. The number of halogens is 1. The molecule has 9 heteroatoms. The van der Waals surface area contributed by atoms with E-state index in [0.29, 0.717) is 48.3 Å². The summed E-state index contributed by atoms with van der Waals surface area (Å²) >= 11 is 5.86. The number of amides is 1. The Hall–Kier alpha value is -1.90. The molecule has 1 aromatic heterocycles. The highest BCUT2D eigenvalue weighted by Gasteiger charge is 2.33. The molecule has 0 radical (unpaired) electrons. The van der Waals surface area contributed by atoms with Gasteiger partial charge in [0.1, 0.15) is 5.76 Å². The van der Waals surface area contributed by atoms with Crippen molar-refractivity contribution in [2.75, 3.05) is 26.2 Å². The molecule has 0 aliphatic carbocycles. The molecule has 7 nitrogen and oxygen atoms in total. The molecule has 0 spiro atoms. The Morgan fingerprint density at radius 3 is 2.34 bits per heavy atom. The molecule has 0 saturated carbocycles. The molecule has 4 rings (SSSR count). The molecule has 1 aromatic carbocycles. The summed E-state index contributed by atoms with van der Waals surface area (Å²) in [5, 5.41) is 0.501. The minimum absolute atomic E-state index is 0.00509. The van der Waals surface area contributed by atoms with E-state index < -0.39 is 10.0 Å². The number of nitrogens with zero attached hydrogens (tertiary/aromatic N) is 3. The van der Waals surface area contributed by atoms with Gasteiger partial charge in [0, 0.05) is 37.1 Å². The molecular formula is C20H24ClN3O4S. The number of carbonyl (C=O) groups excluding carboxylic acids is 1. The summed E-state index contributed by atoms with van der Waals surface area (Å²) in [4.78, 5) is 19.2. The average Bonchev–Trinajstić information content (AvgIpc) is 3.38.